The molecular weight excluding hydrogens is 334 g/mol. The van der Waals surface area contributed by atoms with Crippen LogP contribution in [0, 0.1) is 0 Å². The number of hydrogen-bond acceptors (Lipinski definition) is 6. The van der Waals surface area contributed by atoms with Gasteiger partial charge in [-0.25, -0.2) is 9.99 Å². The Morgan fingerprint density at radius 3 is 2.73 bits per heavy atom. The summed E-state index contributed by atoms with van der Waals surface area (Å²) in [5.74, 6) is 0.322. The Morgan fingerprint density at radius 2 is 1.96 bits per heavy atom. The molecule has 26 heavy (non-hydrogen) atoms. The van der Waals surface area contributed by atoms with Crippen LogP contribution in [-0.4, -0.2) is 49.2 Å². The first-order valence-corrected chi connectivity index (χ1v) is 8.03. The van der Waals surface area contributed by atoms with Gasteiger partial charge in [-0.15, -0.1) is 0 Å². The lowest BCUT2D eigenvalue weighted by Gasteiger charge is -2.19. The van der Waals surface area contributed by atoms with Crippen molar-refractivity contribution in [3.63, 3.8) is 0 Å². The summed E-state index contributed by atoms with van der Waals surface area (Å²) in [6.45, 7) is 0. The highest BCUT2D eigenvalue weighted by atomic mass is 16.2. The molecule has 3 heterocycles. The highest BCUT2D eigenvalue weighted by Gasteiger charge is 2.24. The molecule has 0 atom stereocenters. The third kappa shape index (κ3) is 2.79. The number of nitrogens with zero attached hydrogens (tertiary/aromatic N) is 6. The molecule has 0 bridgehead atoms. The fraction of sp³-hybridized carbons (Fsp3) is 0.176. The number of amides is 2. The van der Waals surface area contributed by atoms with Crippen LogP contribution in [0.2, 0.25) is 0 Å². The van der Waals surface area contributed by atoms with Crippen LogP contribution in [0.4, 0.5) is 5.82 Å². The van der Waals surface area contributed by atoms with Crippen molar-refractivity contribution in [2.75, 3.05) is 12.4 Å². The lowest BCUT2D eigenvalue weighted by atomic mass is 10.1. The Labute approximate surface area is 148 Å². The molecule has 0 spiro atoms. The monoisotopic (exact) mass is 349 g/mol. The molecule has 0 aliphatic carbocycles. The predicted molar refractivity (Wildman–Crippen MR) is 94.3 cm³/mol. The number of hydrogen-bond donors (Lipinski definition) is 1. The summed E-state index contributed by atoms with van der Waals surface area (Å²) in [6.07, 6.45) is 3.56. The molecule has 3 aromatic rings. The SMILES string of the molecule is CN1N=C(C(=O)Nc2c(-c3ccccc3)cnc3ncnn23)CCC1=O. The van der Waals surface area contributed by atoms with Crippen LogP contribution in [0.3, 0.4) is 0 Å². The van der Waals surface area contributed by atoms with Gasteiger partial charge in [0.25, 0.3) is 11.7 Å². The average Bonchev–Trinajstić information content (AvgIpc) is 3.14. The minimum absolute atomic E-state index is 0.117. The quantitative estimate of drug-likeness (QED) is 0.768. The van der Waals surface area contributed by atoms with E-state index in [1.54, 1.807) is 6.20 Å². The Bertz CT molecular complexity index is 1030. The zero-order chi connectivity index (χ0) is 18.1. The molecule has 0 saturated carbocycles. The van der Waals surface area contributed by atoms with Gasteiger partial charge in [-0.05, 0) is 5.56 Å². The summed E-state index contributed by atoms with van der Waals surface area (Å²) in [6, 6.07) is 9.54. The molecule has 0 fully saturated rings. The van der Waals surface area contributed by atoms with Gasteiger partial charge in [0.2, 0.25) is 5.91 Å². The van der Waals surface area contributed by atoms with Crippen molar-refractivity contribution in [3.8, 4) is 11.1 Å². The molecule has 2 aromatic heterocycles. The molecule has 0 saturated heterocycles. The summed E-state index contributed by atoms with van der Waals surface area (Å²) in [4.78, 5) is 32.6. The van der Waals surface area contributed by atoms with E-state index in [0.717, 1.165) is 5.56 Å². The number of fused-ring (bicyclic) bond motifs is 1. The van der Waals surface area contributed by atoms with E-state index in [1.807, 2.05) is 30.3 Å². The maximum Gasteiger partial charge on any atom is 0.273 e. The summed E-state index contributed by atoms with van der Waals surface area (Å²) in [5.41, 5.74) is 1.87. The zero-order valence-electron chi connectivity index (χ0n) is 14.0. The first kappa shape index (κ1) is 15.9. The molecule has 1 aromatic carbocycles. The highest BCUT2D eigenvalue weighted by Crippen LogP contribution is 2.27. The lowest BCUT2D eigenvalue weighted by Crippen LogP contribution is -2.34. The number of hydrazone groups is 1. The van der Waals surface area contributed by atoms with E-state index in [9.17, 15) is 9.59 Å². The molecular formula is C17H15N7O2. The average molecular weight is 349 g/mol. The number of carbonyl (C=O) groups excluding carboxylic acids is 2. The molecule has 9 nitrogen and oxygen atoms in total. The molecule has 1 aliphatic heterocycles. The minimum Gasteiger partial charge on any atom is -0.305 e. The van der Waals surface area contributed by atoms with Crippen LogP contribution in [0.5, 0.6) is 0 Å². The number of nitrogens with one attached hydrogen (secondary N) is 1. The second kappa shape index (κ2) is 6.36. The molecule has 2 amide bonds. The van der Waals surface area contributed by atoms with E-state index >= 15 is 0 Å². The summed E-state index contributed by atoms with van der Waals surface area (Å²) in [7, 11) is 1.53. The maximum atomic E-state index is 12.7. The van der Waals surface area contributed by atoms with Crippen LogP contribution in [-0.2, 0) is 9.59 Å². The number of rotatable bonds is 3. The number of carbonyl (C=O) groups is 2. The number of benzene rings is 1. The topological polar surface area (TPSA) is 105 Å². The molecule has 130 valence electrons. The second-order valence-corrected chi connectivity index (χ2v) is 5.78. The third-order valence-corrected chi connectivity index (χ3v) is 4.09. The van der Waals surface area contributed by atoms with Crippen molar-refractivity contribution < 1.29 is 9.59 Å². The highest BCUT2D eigenvalue weighted by molar-refractivity contribution is 6.43. The van der Waals surface area contributed by atoms with Crippen molar-refractivity contribution in [3.05, 3.63) is 42.9 Å². The molecule has 9 heteroatoms. The van der Waals surface area contributed by atoms with Crippen molar-refractivity contribution in [2.45, 2.75) is 12.8 Å². The van der Waals surface area contributed by atoms with E-state index in [2.05, 4.69) is 25.5 Å². The Kier molecular flexibility index (Phi) is 3.88. The van der Waals surface area contributed by atoms with Crippen molar-refractivity contribution in [1.29, 1.82) is 0 Å². The Balaban J connectivity index is 1.76. The van der Waals surface area contributed by atoms with E-state index in [0.29, 0.717) is 23.6 Å². The van der Waals surface area contributed by atoms with Gasteiger partial charge in [0, 0.05) is 31.6 Å². The Hall–Kier alpha value is -3.62. The molecule has 0 radical (unpaired) electrons. The minimum atomic E-state index is -0.385. The molecule has 0 unspecified atom stereocenters. The fourth-order valence-corrected chi connectivity index (χ4v) is 2.74. The van der Waals surface area contributed by atoms with Crippen LogP contribution >= 0.6 is 0 Å². The van der Waals surface area contributed by atoms with E-state index in [-0.39, 0.29) is 23.9 Å². The van der Waals surface area contributed by atoms with Gasteiger partial charge in [0.1, 0.15) is 17.9 Å². The van der Waals surface area contributed by atoms with Crippen LogP contribution in [0.1, 0.15) is 12.8 Å². The maximum absolute atomic E-state index is 12.7. The van der Waals surface area contributed by atoms with Gasteiger partial charge in [-0.1, -0.05) is 30.3 Å². The smallest absolute Gasteiger partial charge is 0.273 e. The van der Waals surface area contributed by atoms with E-state index < -0.39 is 0 Å². The normalized spacial score (nSPS) is 14.4. The van der Waals surface area contributed by atoms with Gasteiger partial charge in [-0.3, -0.25) is 9.59 Å². The van der Waals surface area contributed by atoms with Gasteiger partial charge in [0.05, 0.1) is 0 Å². The number of aromatic nitrogens is 4. The molecule has 1 N–H and O–H groups in total. The second-order valence-electron chi connectivity index (χ2n) is 5.78. The largest absolute Gasteiger partial charge is 0.305 e. The summed E-state index contributed by atoms with van der Waals surface area (Å²) in [5, 5.41) is 12.3. The third-order valence-electron chi connectivity index (χ3n) is 4.09. The zero-order valence-corrected chi connectivity index (χ0v) is 14.0. The number of anilines is 1. The predicted octanol–water partition coefficient (Wildman–Crippen LogP) is 1.34. The van der Waals surface area contributed by atoms with Crippen molar-refractivity contribution in [1.82, 2.24) is 24.6 Å². The van der Waals surface area contributed by atoms with E-state index in [1.165, 1.54) is 22.9 Å². The fourth-order valence-electron chi connectivity index (χ4n) is 2.74. The van der Waals surface area contributed by atoms with Crippen LogP contribution < -0.4 is 5.32 Å². The van der Waals surface area contributed by atoms with Crippen molar-refractivity contribution in [2.24, 2.45) is 5.10 Å². The lowest BCUT2D eigenvalue weighted by molar-refractivity contribution is -0.130. The van der Waals surface area contributed by atoms with Crippen LogP contribution in [0.25, 0.3) is 16.9 Å². The first-order valence-electron chi connectivity index (χ1n) is 8.03. The van der Waals surface area contributed by atoms with Gasteiger partial charge < -0.3 is 5.32 Å². The summed E-state index contributed by atoms with van der Waals surface area (Å²) < 4.78 is 1.47. The standard InChI is InChI=1S/C17H15N7O2/c1-23-14(25)8-7-13(22-23)16(26)21-15-12(11-5-3-2-4-6-11)9-18-17-19-10-20-24(15)17/h2-6,9-10H,7-8H2,1H3,(H,21,26). The molecule has 1 aliphatic rings. The van der Waals surface area contributed by atoms with Gasteiger partial charge in [-0.2, -0.15) is 19.7 Å². The van der Waals surface area contributed by atoms with Crippen molar-refractivity contribution >= 4 is 29.1 Å². The van der Waals surface area contributed by atoms with Gasteiger partial charge >= 0.3 is 0 Å². The summed E-state index contributed by atoms with van der Waals surface area (Å²) >= 11 is 0. The van der Waals surface area contributed by atoms with Gasteiger partial charge in [0.15, 0.2) is 0 Å². The molecule has 4 rings (SSSR count). The first-order chi connectivity index (χ1) is 12.6. The Morgan fingerprint density at radius 1 is 1.15 bits per heavy atom. The van der Waals surface area contributed by atoms with Crippen LogP contribution in [0.15, 0.2) is 48.0 Å². The van der Waals surface area contributed by atoms with E-state index in [4.69, 9.17) is 0 Å².